The normalized spacial score (nSPS) is 19.5. The van der Waals surface area contributed by atoms with Crippen molar-refractivity contribution in [1.82, 2.24) is 35.4 Å². The summed E-state index contributed by atoms with van der Waals surface area (Å²) in [4.78, 5) is 58.3. The summed E-state index contributed by atoms with van der Waals surface area (Å²) in [6.45, 7) is -0.803. The number of oxime groups is 1. The van der Waals surface area contributed by atoms with Crippen LogP contribution < -0.4 is 11.1 Å². The number of hydrogen-bond acceptors (Lipinski definition) is 14. The number of carboxylic acids is 2. The summed E-state index contributed by atoms with van der Waals surface area (Å²) in [7, 11) is 1.65. The van der Waals surface area contributed by atoms with E-state index in [4.69, 9.17) is 10.8 Å². The fraction of sp³-hybridized carbons (Fsp3) is 0.353. The number of rotatable bonds is 10. The molecule has 1 fully saturated rings. The predicted molar refractivity (Wildman–Crippen MR) is 126 cm³/mol. The third kappa shape index (κ3) is 5.11. The van der Waals surface area contributed by atoms with Crippen LogP contribution in [0.15, 0.2) is 27.0 Å². The highest BCUT2D eigenvalue weighted by Crippen LogP contribution is 2.41. The first-order valence-corrected chi connectivity index (χ1v) is 12.8. The molecule has 2 aliphatic heterocycles. The van der Waals surface area contributed by atoms with Gasteiger partial charge in [0, 0.05) is 23.9 Å². The first-order chi connectivity index (χ1) is 17.2. The number of carboxylic acid groups (broad SMARTS) is 2. The molecule has 5 N–H and O–H groups in total. The molecule has 0 aromatic carbocycles. The number of amides is 2. The van der Waals surface area contributed by atoms with Crippen molar-refractivity contribution < 1.29 is 34.2 Å². The van der Waals surface area contributed by atoms with Crippen molar-refractivity contribution in [3.8, 4) is 0 Å². The van der Waals surface area contributed by atoms with E-state index < -0.39 is 41.8 Å². The van der Waals surface area contributed by atoms with Gasteiger partial charge in [-0.05, 0) is 16.0 Å². The molecule has 1 saturated heterocycles. The molecule has 0 spiro atoms. The molecular weight excluding hydrogens is 538 g/mol. The zero-order chi connectivity index (χ0) is 26.0. The number of fused-ring (bicyclic) bond motifs is 1. The Kier molecular flexibility index (Phi) is 7.40. The van der Waals surface area contributed by atoms with E-state index in [2.05, 4.69) is 35.8 Å². The number of β-lactam (4-membered cyclic amide) rings is 1. The predicted octanol–water partition coefficient (Wildman–Crippen LogP) is -1.41. The molecule has 190 valence electrons. The largest absolute Gasteiger partial charge is 0.479 e. The minimum Gasteiger partial charge on any atom is -0.479 e. The van der Waals surface area contributed by atoms with E-state index in [9.17, 15) is 24.3 Å². The van der Waals surface area contributed by atoms with Crippen LogP contribution in [0.5, 0.6) is 0 Å². The fourth-order valence-electron chi connectivity index (χ4n) is 3.25. The van der Waals surface area contributed by atoms with E-state index in [0.29, 0.717) is 16.5 Å². The number of nitrogens with zero attached hydrogens (tertiary/aromatic N) is 7. The smallest absolute Gasteiger partial charge is 0.352 e. The second kappa shape index (κ2) is 10.5. The van der Waals surface area contributed by atoms with Crippen LogP contribution in [0.1, 0.15) is 5.69 Å². The van der Waals surface area contributed by atoms with Gasteiger partial charge in [-0.25, -0.2) is 19.3 Å². The van der Waals surface area contributed by atoms with Crippen molar-refractivity contribution in [3.63, 3.8) is 0 Å². The summed E-state index contributed by atoms with van der Waals surface area (Å²) < 4.78 is 1.44. The molecule has 0 radical (unpaired) electrons. The number of nitrogens with one attached hydrogen (secondary N) is 1. The van der Waals surface area contributed by atoms with Gasteiger partial charge in [-0.2, -0.15) is 0 Å². The quantitative estimate of drug-likeness (QED) is 0.114. The Morgan fingerprint density at radius 1 is 1.39 bits per heavy atom. The highest BCUT2D eigenvalue weighted by molar-refractivity contribution is 8.01. The first kappa shape index (κ1) is 25.4. The van der Waals surface area contributed by atoms with Crippen molar-refractivity contribution in [2.45, 2.75) is 16.6 Å². The van der Waals surface area contributed by atoms with E-state index in [-0.39, 0.29) is 28.0 Å². The highest BCUT2D eigenvalue weighted by atomic mass is 32.2. The number of aliphatic carboxylic acids is 2. The number of hydrogen-bond donors (Lipinski definition) is 4. The maximum atomic E-state index is 12.9. The van der Waals surface area contributed by atoms with Crippen LogP contribution in [-0.4, -0.2) is 99.3 Å². The second-order valence-electron chi connectivity index (χ2n) is 7.17. The number of tetrazole rings is 1. The Morgan fingerprint density at radius 2 is 2.17 bits per heavy atom. The molecule has 19 heteroatoms. The van der Waals surface area contributed by atoms with Gasteiger partial charge in [-0.15, -0.1) is 28.2 Å². The van der Waals surface area contributed by atoms with Gasteiger partial charge in [-0.3, -0.25) is 14.5 Å². The van der Waals surface area contributed by atoms with Gasteiger partial charge in [0.2, 0.25) is 11.8 Å². The third-order valence-corrected chi connectivity index (χ3v) is 7.93. The SMILES string of the molecule is Cn1nnnc1SCC1=C(C(=O)O)N2C(=O)C(NC(=O)C(=NOCC(=O)O)c3csc(N)n3)[C@@H]2SC1. The number of thioether (sulfide) groups is 2. The molecule has 1 unspecified atom stereocenters. The minimum atomic E-state index is -1.31. The molecule has 2 aromatic heterocycles. The van der Waals surface area contributed by atoms with Crippen LogP contribution in [0, 0.1) is 0 Å². The Hall–Kier alpha value is -3.71. The lowest BCUT2D eigenvalue weighted by molar-refractivity contribution is -0.150. The van der Waals surface area contributed by atoms with Crippen molar-refractivity contribution in [1.29, 1.82) is 0 Å². The number of carbonyl (C=O) groups excluding carboxylic acids is 2. The minimum absolute atomic E-state index is 0.0315. The number of carbonyl (C=O) groups is 4. The number of thiazole rings is 1. The van der Waals surface area contributed by atoms with Gasteiger partial charge in [0.05, 0.1) is 0 Å². The first-order valence-electron chi connectivity index (χ1n) is 9.86. The lowest BCUT2D eigenvalue weighted by Gasteiger charge is -2.49. The molecule has 2 aliphatic rings. The van der Waals surface area contributed by atoms with E-state index in [0.717, 1.165) is 16.2 Å². The van der Waals surface area contributed by atoms with Crippen LogP contribution in [-0.2, 0) is 31.1 Å². The zero-order valence-electron chi connectivity index (χ0n) is 18.2. The summed E-state index contributed by atoms with van der Waals surface area (Å²) in [5, 5.41) is 37.1. The number of nitrogen functional groups attached to an aromatic ring is 1. The van der Waals surface area contributed by atoms with Gasteiger partial charge in [0.25, 0.3) is 11.8 Å². The molecule has 0 saturated carbocycles. The Morgan fingerprint density at radius 3 is 2.78 bits per heavy atom. The summed E-state index contributed by atoms with van der Waals surface area (Å²) in [6.07, 6.45) is 0. The van der Waals surface area contributed by atoms with Gasteiger partial charge < -0.3 is 26.1 Å². The van der Waals surface area contributed by atoms with Crippen LogP contribution >= 0.6 is 34.9 Å². The van der Waals surface area contributed by atoms with Crippen molar-refractivity contribution >= 4 is 69.5 Å². The number of aryl methyl sites for hydroxylation is 1. The van der Waals surface area contributed by atoms with Crippen molar-refractivity contribution in [2.75, 3.05) is 23.8 Å². The zero-order valence-corrected chi connectivity index (χ0v) is 20.7. The van der Waals surface area contributed by atoms with Crippen LogP contribution in [0.2, 0.25) is 0 Å². The lowest BCUT2D eigenvalue weighted by Crippen LogP contribution is -2.71. The Bertz CT molecular complexity index is 1290. The second-order valence-corrected chi connectivity index (χ2v) is 10.1. The molecule has 36 heavy (non-hydrogen) atoms. The summed E-state index contributed by atoms with van der Waals surface area (Å²) in [5.74, 6) is -3.51. The fourth-order valence-corrected chi connectivity index (χ4v) is 6.13. The van der Waals surface area contributed by atoms with Gasteiger partial charge in [0.15, 0.2) is 10.8 Å². The maximum absolute atomic E-state index is 12.9. The molecule has 0 bridgehead atoms. The molecule has 4 heterocycles. The highest BCUT2D eigenvalue weighted by Gasteiger charge is 2.54. The van der Waals surface area contributed by atoms with Crippen molar-refractivity contribution in [3.05, 3.63) is 22.3 Å². The topological polar surface area (TPSA) is 228 Å². The third-order valence-electron chi connectivity index (χ3n) is 4.82. The van der Waals surface area contributed by atoms with Gasteiger partial charge in [-0.1, -0.05) is 16.9 Å². The van der Waals surface area contributed by atoms with Gasteiger partial charge >= 0.3 is 11.9 Å². The van der Waals surface area contributed by atoms with E-state index in [1.165, 1.54) is 33.6 Å². The summed E-state index contributed by atoms with van der Waals surface area (Å²) in [5.41, 5.74) is 5.63. The monoisotopic (exact) mass is 555 g/mol. The van der Waals surface area contributed by atoms with E-state index >= 15 is 0 Å². The molecule has 2 aromatic rings. The Balaban J connectivity index is 1.49. The van der Waals surface area contributed by atoms with E-state index in [1.54, 1.807) is 7.05 Å². The van der Waals surface area contributed by atoms with Gasteiger partial charge in [0.1, 0.15) is 22.8 Å². The average Bonchev–Trinajstić information content (AvgIpc) is 3.45. The molecule has 4 rings (SSSR count). The van der Waals surface area contributed by atoms with Crippen molar-refractivity contribution in [2.24, 2.45) is 12.2 Å². The summed E-state index contributed by atoms with van der Waals surface area (Å²) >= 11 is 3.54. The van der Waals surface area contributed by atoms with E-state index in [1.807, 2.05) is 0 Å². The van der Waals surface area contributed by atoms with Crippen LogP contribution in [0.25, 0.3) is 0 Å². The molecule has 0 aliphatic carbocycles. The molecular formula is C17H17N9O7S3. The van der Waals surface area contributed by atoms with Crippen LogP contribution in [0.4, 0.5) is 5.13 Å². The standard InChI is InChI=1S/C17H17N9O7S3/c1-25-17(21-23-24-25)36-4-6-3-34-14-10(13(30)26(14)11(6)15(31)32)20-12(29)9(22-33-2-8(27)28)7-5-35-16(18)19-7/h5,10,14H,2-4H2,1H3,(H2,18,19)(H,20,29)(H,27,28)(H,31,32)/t10?,14-/m0/s1. The number of aromatic nitrogens is 5. The Labute approximate surface area is 213 Å². The lowest BCUT2D eigenvalue weighted by atomic mass is 10.0. The molecule has 2 amide bonds. The summed E-state index contributed by atoms with van der Waals surface area (Å²) in [6, 6.07) is -1.05. The van der Waals surface area contributed by atoms with Crippen LogP contribution in [0.3, 0.4) is 0 Å². The number of nitrogens with two attached hydrogens (primary N) is 1. The maximum Gasteiger partial charge on any atom is 0.352 e. The number of anilines is 1. The average molecular weight is 556 g/mol. The molecule has 16 nitrogen and oxygen atoms in total. The molecule has 2 atom stereocenters.